The van der Waals surface area contributed by atoms with Crippen molar-refractivity contribution in [3.8, 4) is 0 Å². The van der Waals surface area contributed by atoms with Crippen molar-refractivity contribution >= 4 is 33.6 Å². The Balaban J connectivity index is 4.41. The van der Waals surface area contributed by atoms with Gasteiger partial charge in [-0.05, 0) is 116 Å². The molecule has 0 spiro atoms. The van der Waals surface area contributed by atoms with Gasteiger partial charge >= 0.3 is 33.6 Å². The molecule has 0 radical (unpaired) electrons. The maximum absolute atomic E-state index is 12.9. The predicted octanol–water partition coefficient (Wildman–Crippen LogP) is 20.1. The van der Waals surface area contributed by atoms with E-state index in [1.165, 1.54) is 109 Å². The molecule has 5 atom stereocenters. The summed E-state index contributed by atoms with van der Waals surface area (Å²) in [4.78, 5) is 58.3. The molecule has 4 N–H and O–H groups in total. The lowest BCUT2D eigenvalue weighted by atomic mass is 10.0. The van der Waals surface area contributed by atoms with E-state index in [9.17, 15) is 43.5 Å². The van der Waals surface area contributed by atoms with Crippen LogP contribution < -0.4 is 0 Å². The second kappa shape index (κ2) is 66.7. The summed E-state index contributed by atoms with van der Waals surface area (Å²) in [5.41, 5.74) is 0. The zero-order valence-electron chi connectivity index (χ0n) is 57.3. The van der Waals surface area contributed by atoms with Crippen LogP contribution in [0.25, 0.3) is 0 Å². The molecule has 528 valence electrons. The second-order valence-electron chi connectivity index (χ2n) is 24.0. The van der Waals surface area contributed by atoms with E-state index in [1.807, 2.05) is 0 Å². The van der Waals surface area contributed by atoms with Gasteiger partial charge in [0.15, 0.2) is 6.10 Å². The molecule has 0 amide bonds. The predicted molar refractivity (Wildman–Crippen MR) is 371 cm³/mol. The van der Waals surface area contributed by atoms with Crippen molar-refractivity contribution in [2.75, 3.05) is 39.6 Å². The Kier molecular flexibility index (Phi) is 64.3. The molecular weight excluding hydrogens is 1190 g/mol. The van der Waals surface area contributed by atoms with Crippen LogP contribution in [0.5, 0.6) is 0 Å². The van der Waals surface area contributed by atoms with Gasteiger partial charge in [0.25, 0.3) is 0 Å². The number of rotatable bonds is 68. The Morgan fingerprint density at radius 2 is 0.582 bits per heavy atom. The topological polar surface area (TPSA) is 231 Å². The number of esters is 3. The monoisotopic (exact) mass is 1320 g/mol. The lowest BCUT2D eigenvalue weighted by molar-refractivity contribution is -0.161. The summed E-state index contributed by atoms with van der Waals surface area (Å²) in [6, 6.07) is 0. The van der Waals surface area contributed by atoms with Crippen LogP contribution in [0.4, 0.5) is 0 Å². The largest absolute Gasteiger partial charge is 0.472 e. The fraction of sp³-hybridized carbons (Fsp3) is 0.767. The second-order valence-corrected chi connectivity index (χ2v) is 26.9. The van der Waals surface area contributed by atoms with Crippen molar-refractivity contribution in [1.82, 2.24) is 0 Å². The SMILES string of the molecule is CC/C=C\C/C=C\C/C=C\C/C=C\C/C=C\CCCCCCCCCCCCCCCC(=O)OCC(O)COP(=O)(O)OCC(O)COP(=O)(O)OCC(COC(=O)CCCCCCC/C=C\CCCCCC)OC(=O)CCCCCCC/C=C\CCCCCC. The van der Waals surface area contributed by atoms with E-state index in [4.69, 9.17) is 32.3 Å². The maximum atomic E-state index is 12.9. The molecule has 5 unspecified atom stereocenters. The number of aliphatic hydroxyl groups excluding tert-OH is 2. The zero-order valence-corrected chi connectivity index (χ0v) is 59.0. The van der Waals surface area contributed by atoms with Gasteiger partial charge in [-0.2, -0.15) is 0 Å². The Morgan fingerprint density at radius 3 is 0.934 bits per heavy atom. The molecular formula is C73H130O16P2. The van der Waals surface area contributed by atoms with Gasteiger partial charge < -0.3 is 34.2 Å². The number of hydrogen-bond donors (Lipinski definition) is 4. The van der Waals surface area contributed by atoms with Gasteiger partial charge in [-0.1, -0.05) is 254 Å². The molecule has 0 heterocycles. The first-order valence-corrected chi connectivity index (χ1v) is 38.9. The highest BCUT2D eigenvalue weighted by molar-refractivity contribution is 7.47. The van der Waals surface area contributed by atoms with Crippen LogP contribution in [0.1, 0.15) is 303 Å². The van der Waals surface area contributed by atoms with Crippen molar-refractivity contribution in [3.63, 3.8) is 0 Å². The number of allylic oxidation sites excluding steroid dienone is 14. The minimum absolute atomic E-state index is 0.0952. The molecule has 18 heteroatoms. The maximum Gasteiger partial charge on any atom is 0.472 e. The van der Waals surface area contributed by atoms with Crippen molar-refractivity contribution in [2.45, 2.75) is 322 Å². The highest BCUT2D eigenvalue weighted by atomic mass is 31.2. The molecule has 0 aromatic carbocycles. The number of ether oxygens (including phenoxy) is 3. The minimum Gasteiger partial charge on any atom is -0.463 e. The third-order valence-electron chi connectivity index (χ3n) is 15.1. The molecule has 0 fully saturated rings. The summed E-state index contributed by atoms with van der Waals surface area (Å²) in [5.74, 6) is -1.59. The van der Waals surface area contributed by atoms with Gasteiger partial charge in [0, 0.05) is 19.3 Å². The molecule has 0 aliphatic heterocycles. The Hall–Kier alpha value is -3.27. The fourth-order valence-corrected chi connectivity index (χ4v) is 11.2. The summed E-state index contributed by atoms with van der Waals surface area (Å²) >= 11 is 0. The molecule has 0 saturated carbocycles. The van der Waals surface area contributed by atoms with E-state index in [0.29, 0.717) is 19.3 Å². The third-order valence-corrected chi connectivity index (χ3v) is 17.0. The summed E-state index contributed by atoms with van der Waals surface area (Å²) in [5, 5.41) is 20.6. The van der Waals surface area contributed by atoms with E-state index < -0.39 is 91.5 Å². The Morgan fingerprint density at radius 1 is 0.319 bits per heavy atom. The number of carbonyl (C=O) groups excluding carboxylic acids is 3. The number of unbranched alkanes of at least 4 members (excludes halogenated alkanes) is 31. The van der Waals surface area contributed by atoms with Gasteiger partial charge in [-0.15, -0.1) is 0 Å². The van der Waals surface area contributed by atoms with Gasteiger partial charge in [0.2, 0.25) is 0 Å². The van der Waals surface area contributed by atoms with Crippen LogP contribution in [0, 0.1) is 0 Å². The standard InChI is InChI=1S/C73H130O16P2/c1-4-7-10-13-16-19-22-25-26-27-28-29-30-31-32-33-34-35-36-37-38-39-40-43-45-47-50-53-56-59-71(76)83-62-68(74)63-85-90(79,80)86-64-69(75)65-87-91(81,82)88-67-70(89-73(78)61-58-55-52-49-46-42-24-21-18-15-12-9-6-3)66-84-72(77)60-57-54-51-48-44-41-23-20-17-14-11-8-5-2/h7,10,16,19-21,23-26,28-29,31-32,68-70,74-75H,4-6,8-9,11-15,17-18,22,27,30,33-67H2,1-3H3,(H,79,80)(H,81,82)/b10-7-,19-16-,23-20-,24-21-,26-25-,29-28-,32-31-. The Bertz CT molecular complexity index is 2000. The normalized spacial score (nSPS) is 14.7. The van der Waals surface area contributed by atoms with E-state index in [2.05, 4.69) is 106 Å². The van der Waals surface area contributed by atoms with Crippen molar-refractivity contribution in [1.29, 1.82) is 0 Å². The first-order valence-electron chi connectivity index (χ1n) is 35.9. The summed E-state index contributed by atoms with van der Waals surface area (Å²) in [6.45, 7) is 2.52. The van der Waals surface area contributed by atoms with Crippen LogP contribution in [0.3, 0.4) is 0 Å². The quantitative estimate of drug-likeness (QED) is 0.0146. The Labute approximate surface area is 553 Å². The number of aliphatic hydroxyl groups is 2. The highest BCUT2D eigenvalue weighted by Crippen LogP contribution is 2.45. The summed E-state index contributed by atoms with van der Waals surface area (Å²) in [7, 11) is -9.77. The van der Waals surface area contributed by atoms with Crippen molar-refractivity contribution < 1.29 is 75.8 Å². The van der Waals surface area contributed by atoms with E-state index >= 15 is 0 Å². The average Bonchev–Trinajstić information content (AvgIpc) is 3.56. The zero-order chi connectivity index (χ0) is 66.7. The lowest BCUT2D eigenvalue weighted by Crippen LogP contribution is -2.30. The highest BCUT2D eigenvalue weighted by Gasteiger charge is 2.29. The van der Waals surface area contributed by atoms with Crippen LogP contribution in [-0.4, -0.2) is 95.9 Å². The first-order chi connectivity index (χ1) is 44.2. The smallest absolute Gasteiger partial charge is 0.463 e. The molecule has 16 nitrogen and oxygen atoms in total. The molecule has 0 saturated heterocycles. The fourth-order valence-electron chi connectivity index (χ4n) is 9.59. The van der Waals surface area contributed by atoms with E-state index in [-0.39, 0.29) is 19.3 Å². The lowest BCUT2D eigenvalue weighted by Gasteiger charge is -2.21. The molecule has 0 aromatic rings. The molecule has 0 rings (SSSR count). The van der Waals surface area contributed by atoms with Gasteiger partial charge in [0.1, 0.15) is 25.4 Å². The van der Waals surface area contributed by atoms with Crippen LogP contribution >= 0.6 is 15.6 Å². The number of carbonyl (C=O) groups is 3. The molecule has 0 aromatic heterocycles. The van der Waals surface area contributed by atoms with E-state index in [0.717, 1.165) is 135 Å². The van der Waals surface area contributed by atoms with Crippen LogP contribution in [0.15, 0.2) is 85.1 Å². The third kappa shape index (κ3) is 67.9. The van der Waals surface area contributed by atoms with Gasteiger partial charge in [0.05, 0.1) is 26.4 Å². The summed E-state index contributed by atoms with van der Waals surface area (Å²) < 4.78 is 60.9. The number of phosphoric ester groups is 2. The number of phosphoric acid groups is 2. The number of hydrogen-bond acceptors (Lipinski definition) is 14. The first kappa shape index (κ1) is 87.7. The summed E-state index contributed by atoms with van der Waals surface area (Å²) in [6.07, 6.45) is 72.2. The molecule has 91 heavy (non-hydrogen) atoms. The van der Waals surface area contributed by atoms with Gasteiger partial charge in [-0.25, -0.2) is 9.13 Å². The van der Waals surface area contributed by atoms with Crippen molar-refractivity contribution in [3.05, 3.63) is 85.1 Å². The van der Waals surface area contributed by atoms with Crippen LogP contribution in [0.2, 0.25) is 0 Å². The molecule has 0 aliphatic carbocycles. The molecule has 0 aliphatic rings. The van der Waals surface area contributed by atoms with Gasteiger partial charge in [-0.3, -0.25) is 32.5 Å². The van der Waals surface area contributed by atoms with E-state index in [1.54, 1.807) is 0 Å². The van der Waals surface area contributed by atoms with Crippen LogP contribution in [-0.2, 0) is 55.8 Å². The average molecular weight is 1330 g/mol. The van der Waals surface area contributed by atoms with Crippen molar-refractivity contribution in [2.24, 2.45) is 0 Å². The minimum atomic E-state index is -4.92. The molecule has 0 bridgehead atoms.